The van der Waals surface area contributed by atoms with Crippen molar-refractivity contribution in [1.82, 2.24) is 0 Å². The first-order valence-electron chi connectivity index (χ1n) is 6.67. The number of nitro groups is 2. The molecule has 1 unspecified atom stereocenters. The smallest absolute Gasteiger partial charge is 0.324 e. The normalized spacial score (nSPS) is 11.7. The van der Waals surface area contributed by atoms with Crippen molar-refractivity contribution in [1.29, 1.82) is 0 Å². The van der Waals surface area contributed by atoms with Crippen LogP contribution >= 0.6 is 0 Å². The molecule has 0 aliphatic heterocycles. The zero-order valence-corrected chi connectivity index (χ0v) is 11.9. The van der Waals surface area contributed by atoms with Crippen LogP contribution < -0.4 is 5.73 Å². The van der Waals surface area contributed by atoms with Gasteiger partial charge >= 0.3 is 11.4 Å². The molecule has 8 heteroatoms. The lowest BCUT2D eigenvalue weighted by molar-refractivity contribution is -0.422. The minimum absolute atomic E-state index is 0.188. The number of carbonyl (C=O) groups excluding carboxylic acids is 1. The van der Waals surface area contributed by atoms with E-state index in [1.54, 1.807) is 30.3 Å². The first-order valence-corrected chi connectivity index (χ1v) is 6.67. The van der Waals surface area contributed by atoms with Crippen LogP contribution in [0.15, 0.2) is 48.5 Å². The maximum absolute atomic E-state index is 12.3. The predicted molar refractivity (Wildman–Crippen MR) is 82.1 cm³/mol. The molecular formula is C15H13N3O5. The molecule has 0 fully saturated rings. The van der Waals surface area contributed by atoms with Gasteiger partial charge in [0.1, 0.15) is 5.56 Å². The Bertz CT molecular complexity index is 761. The van der Waals surface area contributed by atoms with E-state index in [1.165, 1.54) is 12.1 Å². The van der Waals surface area contributed by atoms with E-state index in [4.69, 9.17) is 5.73 Å². The molecule has 8 nitrogen and oxygen atoms in total. The topological polar surface area (TPSA) is 129 Å². The Kier molecular flexibility index (Phi) is 4.77. The minimum atomic E-state index is -0.917. The third kappa shape index (κ3) is 3.55. The summed E-state index contributed by atoms with van der Waals surface area (Å²) in [6, 6.07) is 11.6. The third-order valence-electron chi connectivity index (χ3n) is 3.33. The largest absolute Gasteiger partial charge is 0.356 e. The highest BCUT2D eigenvalue weighted by atomic mass is 16.6. The number of carbonyl (C=O) groups is 1. The second-order valence-electron chi connectivity index (χ2n) is 4.83. The number of nitro benzene ring substituents is 2. The van der Waals surface area contributed by atoms with Gasteiger partial charge in [-0.25, -0.2) is 0 Å². The van der Waals surface area contributed by atoms with Gasteiger partial charge in [-0.2, -0.15) is 0 Å². The molecule has 0 amide bonds. The van der Waals surface area contributed by atoms with Gasteiger partial charge in [-0.05, 0) is 11.6 Å². The number of hydrogen-bond acceptors (Lipinski definition) is 6. The summed E-state index contributed by atoms with van der Waals surface area (Å²) in [6.45, 7) is 0. The Labute approximate surface area is 130 Å². The lowest BCUT2D eigenvalue weighted by Gasteiger charge is -2.11. The molecule has 0 saturated carbocycles. The molecule has 2 aromatic carbocycles. The first kappa shape index (κ1) is 16.2. The van der Waals surface area contributed by atoms with Crippen molar-refractivity contribution < 1.29 is 14.6 Å². The summed E-state index contributed by atoms with van der Waals surface area (Å²) in [4.78, 5) is 32.6. The molecule has 1 atom stereocenters. The van der Waals surface area contributed by atoms with Crippen LogP contribution in [0.2, 0.25) is 0 Å². The minimum Gasteiger partial charge on any atom is -0.324 e. The lowest BCUT2D eigenvalue weighted by Crippen LogP contribution is -2.16. The highest BCUT2D eigenvalue weighted by molar-refractivity contribution is 6.01. The molecule has 0 aliphatic rings. The quantitative estimate of drug-likeness (QED) is 0.495. The summed E-state index contributed by atoms with van der Waals surface area (Å²) in [6.07, 6.45) is -0.188. The molecule has 0 aliphatic carbocycles. The van der Waals surface area contributed by atoms with E-state index in [9.17, 15) is 25.0 Å². The fourth-order valence-electron chi connectivity index (χ4n) is 2.22. The Hall–Kier alpha value is -3.13. The van der Waals surface area contributed by atoms with E-state index in [1.807, 2.05) is 0 Å². The highest BCUT2D eigenvalue weighted by Gasteiger charge is 2.31. The summed E-state index contributed by atoms with van der Waals surface area (Å²) < 4.78 is 0. The summed E-state index contributed by atoms with van der Waals surface area (Å²) in [5.74, 6) is -0.614. The molecule has 2 rings (SSSR count). The molecule has 23 heavy (non-hydrogen) atoms. The van der Waals surface area contributed by atoms with Gasteiger partial charge in [-0.1, -0.05) is 36.4 Å². The lowest BCUT2D eigenvalue weighted by atomic mass is 9.97. The van der Waals surface area contributed by atoms with Crippen LogP contribution in [-0.2, 0) is 0 Å². The average molecular weight is 315 g/mol. The zero-order chi connectivity index (χ0) is 17.0. The SMILES string of the molecule is NC(CC(=O)c1cccc([N+](=O)[O-])c1[N+](=O)[O-])c1ccccc1. The second kappa shape index (κ2) is 6.75. The number of nitrogens with two attached hydrogens (primary N) is 1. The van der Waals surface area contributed by atoms with Gasteiger partial charge in [0, 0.05) is 18.5 Å². The van der Waals surface area contributed by atoms with E-state index < -0.39 is 33.0 Å². The maximum atomic E-state index is 12.3. The van der Waals surface area contributed by atoms with Crippen molar-refractivity contribution in [3.63, 3.8) is 0 Å². The summed E-state index contributed by atoms with van der Waals surface area (Å²) >= 11 is 0. The van der Waals surface area contributed by atoms with E-state index >= 15 is 0 Å². The molecule has 0 heterocycles. The van der Waals surface area contributed by atoms with Gasteiger partial charge in [0.15, 0.2) is 5.78 Å². The number of benzene rings is 2. The number of nitrogens with zero attached hydrogens (tertiary/aromatic N) is 2. The van der Waals surface area contributed by atoms with Crippen LogP contribution in [0.4, 0.5) is 11.4 Å². The zero-order valence-electron chi connectivity index (χ0n) is 11.9. The van der Waals surface area contributed by atoms with Crippen LogP contribution in [0.25, 0.3) is 0 Å². The fraction of sp³-hybridized carbons (Fsp3) is 0.133. The molecule has 2 N–H and O–H groups in total. The average Bonchev–Trinajstić information content (AvgIpc) is 2.54. The van der Waals surface area contributed by atoms with Crippen LogP contribution in [0.5, 0.6) is 0 Å². The van der Waals surface area contributed by atoms with E-state index in [0.29, 0.717) is 5.56 Å². The standard InChI is InChI=1S/C15H13N3O5/c16-12(10-5-2-1-3-6-10)9-14(19)11-7-4-8-13(17(20)21)15(11)18(22)23/h1-8,12H,9,16H2. The van der Waals surface area contributed by atoms with Crippen molar-refractivity contribution in [2.24, 2.45) is 5.73 Å². The molecular weight excluding hydrogens is 302 g/mol. The Balaban J connectivity index is 2.34. The number of para-hydroxylation sites is 1. The second-order valence-corrected chi connectivity index (χ2v) is 4.83. The first-order chi connectivity index (χ1) is 10.9. The van der Waals surface area contributed by atoms with Gasteiger partial charge in [-0.15, -0.1) is 0 Å². The Morgan fingerprint density at radius 2 is 1.65 bits per heavy atom. The molecule has 118 valence electrons. The monoisotopic (exact) mass is 315 g/mol. The van der Waals surface area contributed by atoms with Crippen molar-refractivity contribution in [2.45, 2.75) is 12.5 Å². The highest BCUT2D eigenvalue weighted by Crippen LogP contribution is 2.32. The van der Waals surface area contributed by atoms with Crippen molar-refractivity contribution in [3.8, 4) is 0 Å². The Morgan fingerprint density at radius 3 is 2.22 bits per heavy atom. The van der Waals surface area contributed by atoms with Crippen molar-refractivity contribution >= 4 is 17.2 Å². The summed E-state index contributed by atoms with van der Waals surface area (Å²) in [7, 11) is 0. The fourth-order valence-corrected chi connectivity index (χ4v) is 2.22. The number of rotatable bonds is 6. The summed E-state index contributed by atoms with van der Waals surface area (Å²) in [5.41, 5.74) is 4.81. The van der Waals surface area contributed by atoms with Gasteiger partial charge in [-0.3, -0.25) is 25.0 Å². The van der Waals surface area contributed by atoms with E-state index in [2.05, 4.69) is 0 Å². The van der Waals surface area contributed by atoms with Crippen LogP contribution in [0.3, 0.4) is 0 Å². The molecule has 0 radical (unpaired) electrons. The van der Waals surface area contributed by atoms with E-state index in [0.717, 1.165) is 6.07 Å². The van der Waals surface area contributed by atoms with Crippen LogP contribution in [-0.4, -0.2) is 15.6 Å². The predicted octanol–water partition coefficient (Wildman–Crippen LogP) is 2.78. The molecule has 0 aromatic heterocycles. The number of hydrogen-bond donors (Lipinski definition) is 1. The van der Waals surface area contributed by atoms with Gasteiger partial charge in [0.25, 0.3) is 0 Å². The van der Waals surface area contributed by atoms with Gasteiger partial charge in [0.05, 0.1) is 9.85 Å². The van der Waals surface area contributed by atoms with E-state index in [-0.39, 0.29) is 12.0 Å². The molecule has 2 aromatic rings. The Morgan fingerprint density at radius 1 is 1.00 bits per heavy atom. The molecule has 0 spiro atoms. The van der Waals surface area contributed by atoms with Gasteiger partial charge < -0.3 is 5.73 Å². The molecule has 0 saturated heterocycles. The molecule has 0 bridgehead atoms. The number of ketones is 1. The number of Topliss-reactive ketones (excluding diaryl/α,β-unsaturated/α-hetero) is 1. The van der Waals surface area contributed by atoms with Crippen molar-refractivity contribution in [3.05, 3.63) is 79.9 Å². The van der Waals surface area contributed by atoms with Gasteiger partial charge in [0.2, 0.25) is 0 Å². The van der Waals surface area contributed by atoms with Crippen LogP contribution in [0, 0.1) is 20.2 Å². The third-order valence-corrected chi connectivity index (χ3v) is 3.33. The summed E-state index contributed by atoms with van der Waals surface area (Å²) in [5, 5.41) is 22.0. The van der Waals surface area contributed by atoms with Crippen molar-refractivity contribution in [2.75, 3.05) is 0 Å². The van der Waals surface area contributed by atoms with Crippen LogP contribution in [0.1, 0.15) is 28.4 Å². The maximum Gasteiger partial charge on any atom is 0.356 e.